The first-order valence-electron chi connectivity index (χ1n) is 7.90. The summed E-state index contributed by atoms with van der Waals surface area (Å²) >= 11 is 1.23. The zero-order chi connectivity index (χ0) is 20.7. The number of carbonyl (C=O) groups is 2. The fourth-order valence-electron chi connectivity index (χ4n) is 2.22. The van der Waals surface area contributed by atoms with Crippen molar-refractivity contribution in [2.75, 3.05) is 30.8 Å². The molecule has 2 rings (SSSR count). The molecule has 2 amide bonds. The lowest BCUT2D eigenvalue weighted by molar-refractivity contribution is -0.862. The van der Waals surface area contributed by atoms with Crippen molar-refractivity contribution in [1.82, 2.24) is 0 Å². The van der Waals surface area contributed by atoms with Crippen LogP contribution in [-0.2, 0) is 9.59 Å². The lowest BCUT2D eigenvalue weighted by Gasteiger charge is -2.14. The number of nitriles is 1. The molecule has 3 N–H and O–H groups in total. The van der Waals surface area contributed by atoms with Crippen molar-refractivity contribution in [3.8, 4) is 11.8 Å². The van der Waals surface area contributed by atoms with Crippen LogP contribution >= 0.6 is 11.3 Å². The number of likely N-dealkylation sites (N-methyl/N-ethyl adjacent to an activating group) is 1. The zero-order valence-electron chi connectivity index (χ0n) is 14.6. The molecule has 0 aliphatic rings. The van der Waals surface area contributed by atoms with E-state index in [-0.39, 0.29) is 19.0 Å². The number of halogens is 3. The summed E-state index contributed by atoms with van der Waals surface area (Å²) < 4.78 is 40.1. The summed E-state index contributed by atoms with van der Waals surface area (Å²) in [5.74, 6) is -1.16. The Morgan fingerprint density at radius 1 is 1.14 bits per heavy atom. The van der Waals surface area contributed by atoms with E-state index in [0.717, 1.165) is 12.1 Å². The van der Waals surface area contributed by atoms with Gasteiger partial charge in [0.25, 0.3) is 11.8 Å². The van der Waals surface area contributed by atoms with Gasteiger partial charge in [0.15, 0.2) is 13.1 Å². The molecule has 1 atom stereocenters. The third-order valence-corrected chi connectivity index (χ3v) is 4.16. The number of alkyl halides is 3. The number of thiophene rings is 1. The summed E-state index contributed by atoms with van der Waals surface area (Å²) in [4.78, 5) is 24.6. The number of rotatable bonds is 7. The average Bonchev–Trinajstić information content (AvgIpc) is 3.01. The lowest BCUT2D eigenvalue weighted by atomic mass is 10.3. The summed E-state index contributed by atoms with van der Waals surface area (Å²) in [6.07, 6.45) is -4.78. The molecule has 148 valence electrons. The predicted molar refractivity (Wildman–Crippen MR) is 96.0 cm³/mol. The molecule has 0 fully saturated rings. The van der Waals surface area contributed by atoms with Gasteiger partial charge >= 0.3 is 6.36 Å². The van der Waals surface area contributed by atoms with Crippen LogP contribution in [0.25, 0.3) is 0 Å². The molecule has 0 spiro atoms. The molecule has 0 aliphatic carbocycles. The van der Waals surface area contributed by atoms with E-state index in [4.69, 9.17) is 5.26 Å². The minimum absolute atomic E-state index is 0.00541. The Balaban J connectivity index is 1.80. The van der Waals surface area contributed by atoms with Crippen LogP contribution in [0, 0.1) is 11.3 Å². The van der Waals surface area contributed by atoms with Crippen LogP contribution in [0.2, 0.25) is 0 Å². The molecule has 1 heterocycles. The van der Waals surface area contributed by atoms with Crippen molar-refractivity contribution in [2.24, 2.45) is 0 Å². The van der Waals surface area contributed by atoms with Crippen LogP contribution < -0.4 is 20.3 Å². The van der Waals surface area contributed by atoms with Gasteiger partial charge in [-0.3, -0.25) is 9.59 Å². The maximum Gasteiger partial charge on any atom is 0.573 e. The largest absolute Gasteiger partial charge is 0.573 e. The van der Waals surface area contributed by atoms with Gasteiger partial charge in [-0.2, -0.15) is 5.26 Å². The van der Waals surface area contributed by atoms with Crippen LogP contribution in [0.15, 0.2) is 35.7 Å². The van der Waals surface area contributed by atoms with Gasteiger partial charge in [0.05, 0.1) is 12.6 Å². The van der Waals surface area contributed by atoms with E-state index in [0.29, 0.717) is 21.2 Å². The van der Waals surface area contributed by atoms with Gasteiger partial charge in [-0.1, -0.05) is 0 Å². The van der Waals surface area contributed by atoms with Crippen molar-refractivity contribution in [3.05, 3.63) is 41.3 Å². The highest BCUT2D eigenvalue weighted by molar-refractivity contribution is 7.14. The van der Waals surface area contributed by atoms with Crippen molar-refractivity contribution in [3.63, 3.8) is 0 Å². The Morgan fingerprint density at radius 2 is 1.75 bits per heavy atom. The van der Waals surface area contributed by atoms with E-state index in [1.807, 2.05) is 6.07 Å². The Hall–Kier alpha value is -3.10. The number of ether oxygens (including phenoxy) is 1. The van der Waals surface area contributed by atoms with E-state index in [1.165, 1.54) is 23.5 Å². The van der Waals surface area contributed by atoms with Crippen molar-refractivity contribution in [2.45, 2.75) is 6.36 Å². The topological polar surface area (TPSA) is 95.7 Å². The highest BCUT2D eigenvalue weighted by Gasteiger charge is 2.31. The van der Waals surface area contributed by atoms with Gasteiger partial charge in [-0.05, 0) is 35.7 Å². The molecule has 2 aromatic rings. The minimum atomic E-state index is -4.78. The summed E-state index contributed by atoms with van der Waals surface area (Å²) in [5, 5.41) is 16.2. The van der Waals surface area contributed by atoms with Gasteiger partial charge in [0, 0.05) is 5.69 Å². The van der Waals surface area contributed by atoms with Crippen molar-refractivity contribution >= 4 is 33.8 Å². The molecular formula is C17H16F3N4O3S+. The first-order valence-corrected chi connectivity index (χ1v) is 8.78. The molecule has 1 unspecified atom stereocenters. The van der Waals surface area contributed by atoms with Crippen LogP contribution in [0.1, 0.15) is 5.56 Å². The number of hydrogen-bond donors (Lipinski definition) is 3. The Morgan fingerprint density at radius 3 is 2.32 bits per heavy atom. The standard InChI is InChI=1S/C17H15F3N4O3S/c1-24(10-15(26)23-16-11(8-21)6-7-28-16)9-14(25)22-12-2-4-13(5-3-12)27-17(18,19)20/h2-7H,9-10H2,1H3,(H,22,25)(H,23,26)/p+1. The van der Waals surface area contributed by atoms with Crippen molar-refractivity contribution in [1.29, 1.82) is 5.26 Å². The normalized spacial score (nSPS) is 12.0. The Kier molecular flexibility index (Phi) is 6.97. The highest BCUT2D eigenvalue weighted by atomic mass is 32.1. The molecule has 1 aromatic carbocycles. The predicted octanol–water partition coefficient (Wildman–Crippen LogP) is 1.61. The van der Waals surface area contributed by atoms with E-state index in [9.17, 15) is 22.8 Å². The minimum Gasteiger partial charge on any atom is -0.406 e. The number of anilines is 2. The van der Waals surface area contributed by atoms with Gasteiger partial charge in [0.2, 0.25) is 0 Å². The SMILES string of the molecule is C[NH+](CC(=O)Nc1ccc(OC(F)(F)F)cc1)CC(=O)Nc1sccc1C#N. The Labute approximate surface area is 162 Å². The van der Waals surface area contributed by atoms with E-state index in [2.05, 4.69) is 15.4 Å². The van der Waals surface area contributed by atoms with Crippen LogP contribution in [0.4, 0.5) is 23.9 Å². The highest BCUT2D eigenvalue weighted by Crippen LogP contribution is 2.24. The summed E-state index contributed by atoms with van der Waals surface area (Å²) in [6, 6.07) is 8.28. The third-order valence-electron chi connectivity index (χ3n) is 3.33. The van der Waals surface area contributed by atoms with E-state index < -0.39 is 18.0 Å². The monoisotopic (exact) mass is 413 g/mol. The fraction of sp³-hybridized carbons (Fsp3) is 0.235. The van der Waals surface area contributed by atoms with Crippen LogP contribution in [0.3, 0.4) is 0 Å². The van der Waals surface area contributed by atoms with Crippen LogP contribution in [0.5, 0.6) is 5.75 Å². The number of nitrogens with zero attached hydrogens (tertiary/aromatic N) is 1. The van der Waals surface area contributed by atoms with Gasteiger partial charge < -0.3 is 20.3 Å². The number of quaternary nitrogens is 1. The number of hydrogen-bond acceptors (Lipinski definition) is 5. The van der Waals surface area contributed by atoms with Gasteiger partial charge in [0.1, 0.15) is 16.8 Å². The van der Waals surface area contributed by atoms with E-state index in [1.54, 1.807) is 18.5 Å². The fourth-order valence-corrected chi connectivity index (χ4v) is 2.97. The molecule has 11 heteroatoms. The summed E-state index contributed by atoms with van der Waals surface area (Å²) in [6.45, 7) is -0.0433. The summed E-state index contributed by atoms with van der Waals surface area (Å²) in [7, 11) is 1.64. The number of benzene rings is 1. The molecule has 7 nitrogen and oxygen atoms in total. The first-order chi connectivity index (χ1) is 13.2. The zero-order valence-corrected chi connectivity index (χ0v) is 15.4. The first kappa shape index (κ1) is 21.2. The number of nitrogens with one attached hydrogen (secondary N) is 3. The third kappa shape index (κ3) is 6.90. The maximum atomic E-state index is 12.1. The second-order valence-corrected chi connectivity index (χ2v) is 6.67. The second-order valence-electron chi connectivity index (χ2n) is 5.75. The lowest BCUT2D eigenvalue weighted by Crippen LogP contribution is -3.11. The van der Waals surface area contributed by atoms with Gasteiger partial charge in [-0.15, -0.1) is 24.5 Å². The molecule has 1 aromatic heterocycles. The second kappa shape index (κ2) is 9.20. The molecule has 0 saturated carbocycles. The van der Waals surface area contributed by atoms with Crippen molar-refractivity contribution < 1.29 is 32.4 Å². The smallest absolute Gasteiger partial charge is 0.406 e. The van der Waals surface area contributed by atoms with Crippen LogP contribution in [-0.4, -0.2) is 38.3 Å². The molecule has 0 saturated heterocycles. The number of amides is 2. The quantitative estimate of drug-likeness (QED) is 0.643. The average molecular weight is 413 g/mol. The van der Waals surface area contributed by atoms with Gasteiger partial charge in [-0.25, -0.2) is 0 Å². The molecule has 0 aliphatic heterocycles. The number of carbonyl (C=O) groups excluding carboxylic acids is 2. The molecule has 0 bridgehead atoms. The molecule has 28 heavy (non-hydrogen) atoms. The molecular weight excluding hydrogens is 397 g/mol. The summed E-state index contributed by atoms with van der Waals surface area (Å²) in [5.41, 5.74) is 0.667. The van der Waals surface area contributed by atoms with E-state index >= 15 is 0 Å². The molecule has 0 radical (unpaired) electrons. The Bertz CT molecular complexity index is 875. The maximum absolute atomic E-state index is 12.1.